The molecule has 0 fully saturated rings. The van der Waals surface area contributed by atoms with Crippen LogP contribution in [0.1, 0.15) is 10.6 Å². The van der Waals surface area contributed by atoms with Gasteiger partial charge in [0.25, 0.3) is 0 Å². The summed E-state index contributed by atoms with van der Waals surface area (Å²) in [6.07, 6.45) is 5.63. The number of hydrogen-bond acceptors (Lipinski definition) is 3. The number of carbonyl (C=O) groups excluding carboxylic acids is 1. The van der Waals surface area contributed by atoms with Gasteiger partial charge in [-0.1, -0.05) is 0 Å². The number of rotatable bonds is 2. The molecule has 2 heterocycles. The highest BCUT2D eigenvalue weighted by atomic mass is 16.3. The van der Waals surface area contributed by atoms with Crippen molar-refractivity contribution >= 4 is 6.29 Å². The van der Waals surface area contributed by atoms with Gasteiger partial charge in [0.1, 0.15) is 0 Å². The average Bonchev–Trinajstić information content (AvgIpc) is 2.67. The lowest BCUT2D eigenvalue weighted by Gasteiger charge is -1.92. The highest BCUT2D eigenvalue weighted by molar-refractivity contribution is 5.75. The van der Waals surface area contributed by atoms with Crippen molar-refractivity contribution in [1.82, 2.24) is 4.98 Å². The minimum atomic E-state index is 0.340. The van der Waals surface area contributed by atoms with Crippen molar-refractivity contribution in [3.05, 3.63) is 42.6 Å². The van der Waals surface area contributed by atoms with E-state index >= 15 is 0 Å². The quantitative estimate of drug-likeness (QED) is 0.653. The SMILES string of the molecule is O=Cc1cc(-c2ccncc2)co1. The summed E-state index contributed by atoms with van der Waals surface area (Å²) in [5.41, 5.74) is 1.89. The molecule has 0 atom stereocenters. The molecular weight excluding hydrogens is 166 g/mol. The molecule has 0 saturated heterocycles. The van der Waals surface area contributed by atoms with Crippen LogP contribution < -0.4 is 0 Å². The van der Waals surface area contributed by atoms with Crippen molar-refractivity contribution in [2.75, 3.05) is 0 Å². The summed E-state index contributed by atoms with van der Waals surface area (Å²) < 4.78 is 4.98. The molecule has 0 N–H and O–H groups in total. The Balaban J connectivity index is 2.41. The second kappa shape index (κ2) is 3.23. The number of pyridine rings is 1. The van der Waals surface area contributed by atoms with Gasteiger partial charge < -0.3 is 4.42 Å². The Kier molecular flexibility index (Phi) is 1.92. The van der Waals surface area contributed by atoms with Crippen LogP contribution in [0.5, 0.6) is 0 Å². The summed E-state index contributed by atoms with van der Waals surface area (Å²) in [5, 5.41) is 0. The summed E-state index contributed by atoms with van der Waals surface area (Å²) in [6.45, 7) is 0. The Morgan fingerprint density at radius 2 is 2.00 bits per heavy atom. The van der Waals surface area contributed by atoms with Gasteiger partial charge in [0, 0.05) is 18.0 Å². The van der Waals surface area contributed by atoms with Gasteiger partial charge in [0.2, 0.25) is 0 Å². The van der Waals surface area contributed by atoms with Gasteiger partial charge in [-0.3, -0.25) is 9.78 Å². The number of aldehydes is 1. The van der Waals surface area contributed by atoms with Crippen molar-refractivity contribution in [1.29, 1.82) is 0 Å². The first kappa shape index (κ1) is 7.73. The van der Waals surface area contributed by atoms with Gasteiger partial charge in [-0.2, -0.15) is 0 Å². The van der Waals surface area contributed by atoms with Crippen molar-refractivity contribution in [3.63, 3.8) is 0 Å². The number of carbonyl (C=O) groups is 1. The van der Waals surface area contributed by atoms with Crippen LogP contribution in [0.2, 0.25) is 0 Å². The molecule has 2 aromatic heterocycles. The Labute approximate surface area is 75.0 Å². The Morgan fingerprint density at radius 1 is 1.23 bits per heavy atom. The van der Waals surface area contributed by atoms with Gasteiger partial charge in [-0.05, 0) is 23.8 Å². The van der Waals surface area contributed by atoms with Crippen LogP contribution in [0.25, 0.3) is 11.1 Å². The summed E-state index contributed by atoms with van der Waals surface area (Å²) >= 11 is 0. The monoisotopic (exact) mass is 173 g/mol. The van der Waals surface area contributed by atoms with E-state index in [4.69, 9.17) is 4.42 Å². The molecule has 3 nitrogen and oxygen atoms in total. The van der Waals surface area contributed by atoms with Gasteiger partial charge >= 0.3 is 0 Å². The maximum atomic E-state index is 10.3. The van der Waals surface area contributed by atoms with Crippen LogP contribution in [-0.2, 0) is 0 Å². The zero-order chi connectivity index (χ0) is 9.10. The standard InChI is InChI=1S/C10H7NO2/c12-6-10-5-9(7-13-10)8-1-3-11-4-2-8/h1-7H. The van der Waals surface area contributed by atoms with Crippen LogP contribution in [-0.4, -0.2) is 11.3 Å². The highest BCUT2D eigenvalue weighted by Crippen LogP contribution is 2.19. The second-order valence-corrected chi connectivity index (χ2v) is 2.59. The number of aromatic nitrogens is 1. The maximum absolute atomic E-state index is 10.3. The molecule has 0 saturated carbocycles. The molecule has 2 rings (SSSR count). The van der Waals surface area contributed by atoms with E-state index in [1.165, 1.54) is 0 Å². The third-order valence-corrected chi connectivity index (χ3v) is 1.75. The molecule has 0 aliphatic carbocycles. The van der Waals surface area contributed by atoms with E-state index in [0.29, 0.717) is 12.0 Å². The summed E-state index contributed by atoms with van der Waals surface area (Å²) in [4.78, 5) is 14.2. The van der Waals surface area contributed by atoms with Crippen molar-refractivity contribution in [2.24, 2.45) is 0 Å². The number of nitrogens with zero attached hydrogens (tertiary/aromatic N) is 1. The fourth-order valence-electron chi connectivity index (χ4n) is 1.11. The van der Waals surface area contributed by atoms with E-state index in [-0.39, 0.29) is 0 Å². The average molecular weight is 173 g/mol. The van der Waals surface area contributed by atoms with Gasteiger partial charge in [0.05, 0.1) is 6.26 Å². The lowest BCUT2D eigenvalue weighted by molar-refractivity contribution is 0.110. The van der Waals surface area contributed by atoms with Gasteiger partial charge in [0.15, 0.2) is 12.0 Å². The topological polar surface area (TPSA) is 43.1 Å². The molecule has 64 valence electrons. The van der Waals surface area contributed by atoms with E-state index in [2.05, 4.69) is 4.98 Å². The second-order valence-electron chi connectivity index (χ2n) is 2.59. The van der Waals surface area contributed by atoms with Gasteiger partial charge in [-0.15, -0.1) is 0 Å². The molecule has 3 heteroatoms. The molecule has 0 aliphatic heterocycles. The minimum Gasteiger partial charge on any atom is -0.461 e. The fraction of sp³-hybridized carbons (Fsp3) is 0. The Hall–Kier alpha value is -1.90. The summed E-state index contributed by atoms with van der Waals surface area (Å²) in [5.74, 6) is 0.340. The predicted octanol–water partition coefficient (Wildman–Crippen LogP) is 2.15. The molecule has 0 bridgehead atoms. The number of furan rings is 1. The predicted molar refractivity (Wildman–Crippen MR) is 47.3 cm³/mol. The normalized spacial score (nSPS) is 9.85. The first-order chi connectivity index (χ1) is 6.40. The van der Waals surface area contributed by atoms with E-state index in [9.17, 15) is 4.79 Å². The van der Waals surface area contributed by atoms with Crippen molar-refractivity contribution in [2.45, 2.75) is 0 Å². The highest BCUT2D eigenvalue weighted by Gasteiger charge is 2.01. The van der Waals surface area contributed by atoms with Crippen LogP contribution >= 0.6 is 0 Å². The van der Waals surface area contributed by atoms with E-state index in [1.54, 1.807) is 24.7 Å². The van der Waals surface area contributed by atoms with Crippen LogP contribution in [0, 0.1) is 0 Å². The largest absolute Gasteiger partial charge is 0.461 e. The maximum Gasteiger partial charge on any atom is 0.185 e. The molecular formula is C10H7NO2. The molecule has 13 heavy (non-hydrogen) atoms. The molecule has 0 spiro atoms. The molecule has 0 radical (unpaired) electrons. The molecule has 0 amide bonds. The van der Waals surface area contributed by atoms with Crippen LogP contribution in [0.15, 0.2) is 41.3 Å². The lowest BCUT2D eigenvalue weighted by atomic mass is 10.1. The van der Waals surface area contributed by atoms with E-state index < -0.39 is 0 Å². The Bertz CT molecular complexity index is 406. The Morgan fingerprint density at radius 3 is 2.62 bits per heavy atom. The van der Waals surface area contributed by atoms with Gasteiger partial charge in [-0.25, -0.2) is 0 Å². The fourth-order valence-corrected chi connectivity index (χ4v) is 1.11. The lowest BCUT2D eigenvalue weighted by Crippen LogP contribution is -1.74. The summed E-state index contributed by atoms with van der Waals surface area (Å²) in [7, 11) is 0. The third-order valence-electron chi connectivity index (χ3n) is 1.75. The minimum absolute atomic E-state index is 0.340. The zero-order valence-corrected chi connectivity index (χ0v) is 6.81. The molecule has 0 aromatic carbocycles. The smallest absolute Gasteiger partial charge is 0.185 e. The van der Waals surface area contributed by atoms with Crippen LogP contribution in [0.3, 0.4) is 0 Å². The van der Waals surface area contributed by atoms with E-state index in [1.807, 2.05) is 12.1 Å². The van der Waals surface area contributed by atoms with Crippen molar-refractivity contribution < 1.29 is 9.21 Å². The molecule has 0 aliphatic rings. The van der Waals surface area contributed by atoms with Crippen LogP contribution in [0.4, 0.5) is 0 Å². The first-order valence-corrected chi connectivity index (χ1v) is 3.84. The first-order valence-electron chi connectivity index (χ1n) is 3.84. The number of hydrogen-bond donors (Lipinski definition) is 0. The summed E-state index contributed by atoms with van der Waals surface area (Å²) in [6, 6.07) is 5.42. The third kappa shape index (κ3) is 1.49. The zero-order valence-electron chi connectivity index (χ0n) is 6.81. The molecule has 0 unspecified atom stereocenters. The van der Waals surface area contributed by atoms with Crippen molar-refractivity contribution in [3.8, 4) is 11.1 Å². The molecule has 2 aromatic rings. The van der Waals surface area contributed by atoms with E-state index in [0.717, 1.165) is 11.1 Å².